The fraction of sp³-hybridized carbons (Fsp3) is 0.345. The largest absolute Gasteiger partial charge is 0.496 e. The summed E-state index contributed by atoms with van der Waals surface area (Å²) in [4.78, 5) is 43.9. The molecule has 2 aromatic carbocycles. The number of rotatable bonds is 8. The fourth-order valence-electron chi connectivity index (χ4n) is 5.21. The molecule has 38 heavy (non-hydrogen) atoms. The summed E-state index contributed by atoms with van der Waals surface area (Å²) in [5, 5.41) is 6.46. The van der Waals surface area contributed by atoms with Gasteiger partial charge in [-0.3, -0.25) is 14.4 Å². The molecule has 196 valence electrons. The Morgan fingerprint density at radius 2 is 2.03 bits per heavy atom. The number of likely N-dealkylation sites (tertiary alicyclic amines) is 1. The van der Waals surface area contributed by atoms with Gasteiger partial charge in [-0.2, -0.15) is 0 Å². The van der Waals surface area contributed by atoms with Crippen LogP contribution in [-0.4, -0.2) is 66.0 Å². The molecule has 5 rings (SSSR count). The van der Waals surface area contributed by atoms with Crippen molar-refractivity contribution in [3.63, 3.8) is 0 Å². The van der Waals surface area contributed by atoms with Crippen molar-refractivity contribution in [2.24, 2.45) is 5.92 Å². The quantitative estimate of drug-likeness (QED) is 0.400. The summed E-state index contributed by atoms with van der Waals surface area (Å²) >= 11 is 0. The van der Waals surface area contributed by atoms with E-state index in [4.69, 9.17) is 15.9 Å². The molecular formula is C29H30N4O5. The number of ether oxygens (including phenoxy) is 2. The van der Waals surface area contributed by atoms with Crippen LogP contribution in [0.15, 0.2) is 54.6 Å². The highest BCUT2D eigenvalue weighted by molar-refractivity contribution is 6.01. The monoisotopic (exact) mass is 514 g/mol. The predicted octanol–water partition coefficient (Wildman–Crippen LogP) is 2.48. The molecule has 0 aliphatic carbocycles. The zero-order valence-corrected chi connectivity index (χ0v) is 21.1. The third-order valence-corrected chi connectivity index (χ3v) is 7.15. The Kier molecular flexibility index (Phi) is 7.22. The zero-order chi connectivity index (χ0) is 26.6. The molecule has 0 bridgehead atoms. The van der Waals surface area contributed by atoms with Crippen molar-refractivity contribution in [3.05, 3.63) is 60.3 Å². The van der Waals surface area contributed by atoms with Crippen molar-refractivity contribution < 1.29 is 23.9 Å². The smallest absolute Gasteiger partial charge is 0.271 e. The summed E-state index contributed by atoms with van der Waals surface area (Å²) in [6.45, 7) is 0.831. The molecule has 3 aromatic rings. The van der Waals surface area contributed by atoms with Crippen LogP contribution < -0.4 is 20.1 Å². The molecule has 2 aliphatic rings. The Morgan fingerprint density at radius 3 is 2.74 bits per heavy atom. The molecule has 1 unspecified atom stereocenters. The number of carbonyl (C=O) groups is 3. The predicted molar refractivity (Wildman–Crippen MR) is 142 cm³/mol. The van der Waals surface area contributed by atoms with Crippen molar-refractivity contribution in [1.29, 1.82) is 0 Å². The van der Waals surface area contributed by atoms with Gasteiger partial charge in [-0.15, -0.1) is 6.42 Å². The Bertz CT molecular complexity index is 1380. The lowest BCUT2D eigenvalue weighted by Crippen LogP contribution is -2.49. The molecule has 0 saturated carbocycles. The second-order valence-corrected chi connectivity index (χ2v) is 9.61. The van der Waals surface area contributed by atoms with Gasteiger partial charge < -0.3 is 30.0 Å². The lowest BCUT2D eigenvalue weighted by Gasteiger charge is -2.25. The maximum absolute atomic E-state index is 13.7. The Balaban J connectivity index is 1.37. The van der Waals surface area contributed by atoms with E-state index < -0.39 is 12.1 Å². The number of hydrogen-bond donors (Lipinski definition) is 3. The maximum atomic E-state index is 13.7. The van der Waals surface area contributed by atoms with E-state index >= 15 is 0 Å². The van der Waals surface area contributed by atoms with Crippen LogP contribution in [-0.2, 0) is 9.59 Å². The Hall–Kier alpha value is -4.45. The van der Waals surface area contributed by atoms with Crippen molar-refractivity contribution >= 4 is 28.6 Å². The van der Waals surface area contributed by atoms with Crippen LogP contribution in [0.25, 0.3) is 10.9 Å². The van der Waals surface area contributed by atoms with Gasteiger partial charge >= 0.3 is 0 Å². The number of methoxy groups -OCH3 is 1. The first-order chi connectivity index (χ1) is 18.5. The molecule has 2 saturated heterocycles. The molecule has 0 spiro atoms. The van der Waals surface area contributed by atoms with Gasteiger partial charge in [0.1, 0.15) is 29.3 Å². The van der Waals surface area contributed by atoms with Gasteiger partial charge in [0.05, 0.1) is 19.7 Å². The maximum Gasteiger partial charge on any atom is 0.271 e. The first kappa shape index (κ1) is 25.2. The Labute approximate surface area is 220 Å². The number of terminal acetylenes is 1. The first-order valence-electron chi connectivity index (χ1n) is 12.7. The van der Waals surface area contributed by atoms with Crippen LogP contribution in [0.1, 0.15) is 29.8 Å². The van der Waals surface area contributed by atoms with Crippen LogP contribution in [0.5, 0.6) is 11.5 Å². The number of fused-ring (bicyclic) bond motifs is 1. The average molecular weight is 515 g/mol. The van der Waals surface area contributed by atoms with Gasteiger partial charge in [0, 0.05) is 29.8 Å². The molecule has 2 fully saturated rings. The highest BCUT2D eigenvalue weighted by Crippen LogP contribution is 2.29. The van der Waals surface area contributed by atoms with Crippen LogP contribution in [0.2, 0.25) is 0 Å². The van der Waals surface area contributed by atoms with Gasteiger partial charge in [0.25, 0.3) is 5.91 Å². The number of benzene rings is 2. The number of H-pyrrole nitrogens is 1. The number of amides is 3. The summed E-state index contributed by atoms with van der Waals surface area (Å²) in [5.41, 5.74) is 1.10. The number of carbonyl (C=O) groups excluding carboxylic acids is 3. The number of nitrogens with one attached hydrogen (secondary N) is 3. The summed E-state index contributed by atoms with van der Waals surface area (Å²) in [6.07, 6.45) is 6.65. The average Bonchev–Trinajstić information content (AvgIpc) is 3.66. The SMILES string of the molecule is C#C[C@H](CC1CCNC1=O)NC(=O)[C@@H]1C[C@@H](Oc2ccccc2)CN1C(=O)c1cc2c(OC)cccc2[nH]1. The van der Waals surface area contributed by atoms with Crippen molar-refractivity contribution in [2.45, 2.75) is 37.5 Å². The first-order valence-corrected chi connectivity index (χ1v) is 12.7. The van der Waals surface area contributed by atoms with E-state index in [1.165, 1.54) is 4.90 Å². The normalized spacial score (nSPS) is 21.5. The third kappa shape index (κ3) is 5.16. The molecule has 3 N–H and O–H groups in total. The minimum Gasteiger partial charge on any atom is -0.496 e. The van der Waals surface area contributed by atoms with E-state index in [-0.39, 0.29) is 36.3 Å². The molecule has 9 nitrogen and oxygen atoms in total. The van der Waals surface area contributed by atoms with E-state index in [9.17, 15) is 14.4 Å². The Morgan fingerprint density at radius 1 is 1.21 bits per heavy atom. The van der Waals surface area contributed by atoms with Crippen LogP contribution >= 0.6 is 0 Å². The van der Waals surface area contributed by atoms with Crippen molar-refractivity contribution in [3.8, 4) is 23.8 Å². The van der Waals surface area contributed by atoms with E-state index in [2.05, 4.69) is 21.5 Å². The molecule has 4 atom stereocenters. The van der Waals surface area contributed by atoms with Crippen LogP contribution in [0.4, 0.5) is 0 Å². The van der Waals surface area contributed by atoms with Gasteiger partial charge in [-0.25, -0.2) is 0 Å². The van der Waals surface area contributed by atoms with Crippen molar-refractivity contribution in [2.75, 3.05) is 20.2 Å². The molecule has 3 heterocycles. The number of nitrogens with zero attached hydrogens (tertiary/aromatic N) is 1. The lowest BCUT2D eigenvalue weighted by molar-refractivity contribution is -0.126. The molecule has 3 amide bonds. The number of aromatic nitrogens is 1. The molecule has 0 radical (unpaired) electrons. The highest BCUT2D eigenvalue weighted by atomic mass is 16.5. The van der Waals surface area contributed by atoms with E-state index in [0.29, 0.717) is 43.0 Å². The molecular weight excluding hydrogens is 484 g/mol. The molecule has 2 aliphatic heterocycles. The molecule has 1 aromatic heterocycles. The standard InChI is InChI=1S/C29H30N4O5/c1-3-19(14-18-12-13-30-27(18)34)31-28(35)25-15-21(38-20-8-5-4-6-9-20)17-33(25)29(36)24-16-22-23(32-24)10-7-11-26(22)37-2/h1,4-11,16,18-19,21,25,32H,12-15,17H2,2H3,(H,30,34)(H,31,35)/t18?,19-,21-,25+/m1/s1. The summed E-state index contributed by atoms with van der Waals surface area (Å²) < 4.78 is 11.6. The van der Waals surface area contributed by atoms with Crippen LogP contribution in [0, 0.1) is 18.3 Å². The van der Waals surface area contributed by atoms with Gasteiger partial charge in [-0.1, -0.05) is 30.2 Å². The summed E-state index contributed by atoms with van der Waals surface area (Å²) in [5.74, 6) is 2.91. The van der Waals surface area contributed by atoms with Gasteiger partial charge in [0.2, 0.25) is 11.8 Å². The number of aromatic amines is 1. The van der Waals surface area contributed by atoms with Gasteiger partial charge in [0.15, 0.2) is 0 Å². The summed E-state index contributed by atoms with van der Waals surface area (Å²) in [7, 11) is 1.58. The van der Waals surface area contributed by atoms with Crippen molar-refractivity contribution in [1.82, 2.24) is 20.5 Å². The van der Waals surface area contributed by atoms with Crippen LogP contribution in [0.3, 0.4) is 0 Å². The van der Waals surface area contributed by atoms with E-state index in [1.807, 2.05) is 48.5 Å². The highest BCUT2D eigenvalue weighted by Gasteiger charge is 2.42. The second kappa shape index (κ2) is 10.9. The van der Waals surface area contributed by atoms with E-state index in [1.54, 1.807) is 13.2 Å². The second-order valence-electron chi connectivity index (χ2n) is 9.61. The third-order valence-electron chi connectivity index (χ3n) is 7.15. The minimum atomic E-state index is -0.794. The zero-order valence-electron chi connectivity index (χ0n) is 21.1. The minimum absolute atomic E-state index is 0.0530. The topological polar surface area (TPSA) is 113 Å². The van der Waals surface area contributed by atoms with Gasteiger partial charge in [-0.05, 0) is 43.2 Å². The number of para-hydroxylation sites is 1. The number of hydrogen-bond acceptors (Lipinski definition) is 5. The molecule has 9 heteroatoms. The lowest BCUT2D eigenvalue weighted by atomic mass is 9.98. The fourth-order valence-corrected chi connectivity index (χ4v) is 5.21. The van der Waals surface area contributed by atoms with E-state index in [0.717, 1.165) is 10.9 Å². The summed E-state index contributed by atoms with van der Waals surface area (Å²) in [6, 6.07) is 15.1.